The Morgan fingerprint density at radius 1 is 1.06 bits per heavy atom. The van der Waals surface area contributed by atoms with Crippen molar-refractivity contribution in [1.29, 1.82) is 0 Å². The fraction of sp³-hybridized carbons (Fsp3) is 1.00. The summed E-state index contributed by atoms with van der Waals surface area (Å²) in [6, 6.07) is 1.55. The van der Waals surface area contributed by atoms with Crippen molar-refractivity contribution in [3.63, 3.8) is 0 Å². The summed E-state index contributed by atoms with van der Waals surface area (Å²) in [4.78, 5) is 0. The lowest BCUT2D eigenvalue weighted by Crippen LogP contribution is -2.48. The van der Waals surface area contributed by atoms with E-state index in [-0.39, 0.29) is 0 Å². The lowest BCUT2D eigenvalue weighted by molar-refractivity contribution is 0.176. The first-order chi connectivity index (χ1) is 7.49. The van der Waals surface area contributed by atoms with Gasteiger partial charge >= 0.3 is 0 Å². The second-order valence-corrected chi connectivity index (χ2v) is 7.10. The molecule has 1 N–H and O–H groups in total. The Bertz CT molecular complexity index is 234. The minimum atomic E-state index is 0.528. The predicted molar refractivity (Wildman–Crippen MR) is 70.5 cm³/mol. The van der Waals surface area contributed by atoms with Crippen LogP contribution in [0.25, 0.3) is 0 Å². The molecular weight excluding hydrogens is 194 g/mol. The van der Waals surface area contributed by atoms with Crippen molar-refractivity contribution < 1.29 is 0 Å². The van der Waals surface area contributed by atoms with Gasteiger partial charge in [0.05, 0.1) is 0 Å². The molecule has 0 amide bonds. The van der Waals surface area contributed by atoms with Crippen LogP contribution >= 0.6 is 0 Å². The molecular formula is C15H29N. The van der Waals surface area contributed by atoms with Gasteiger partial charge in [0.25, 0.3) is 0 Å². The lowest BCUT2D eigenvalue weighted by atomic mass is 9.78. The minimum Gasteiger partial charge on any atom is -0.310 e. The molecule has 0 radical (unpaired) electrons. The highest BCUT2D eigenvalue weighted by molar-refractivity contribution is 4.94. The smallest absolute Gasteiger partial charge is 0.0121 e. The average molecular weight is 223 g/mol. The Morgan fingerprint density at radius 2 is 1.81 bits per heavy atom. The highest BCUT2D eigenvalue weighted by Crippen LogP contribution is 2.39. The zero-order valence-electron chi connectivity index (χ0n) is 11.6. The molecule has 2 aliphatic rings. The fourth-order valence-electron chi connectivity index (χ4n) is 3.66. The molecule has 2 saturated carbocycles. The van der Waals surface area contributed by atoms with E-state index in [0.29, 0.717) is 5.41 Å². The van der Waals surface area contributed by atoms with Crippen LogP contribution in [0.1, 0.15) is 66.2 Å². The molecule has 2 fully saturated rings. The first kappa shape index (κ1) is 12.4. The summed E-state index contributed by atoms with van der Waals surface area (Å²) in [5.74, 6) is 1.81. The summed E-state index contributed by atoms with van der Waals surface area (Å²) in [5.41, 5.74) is 0.528. The van der Waals surface area contributed by atoms with E-state index >= 15 is 0 Å². The van der Waals surface area contributed by atoms with E-state index in [9.17, 15) is 0 Å². The maximum Gasteiger partial charge on any atom is 0.0121 e. The number of hydrogen-bond donors (Lipinski definition) is 1. The molecule has 0 aromatic heterocycles. The number of hydrogen-bond acceptors (Lipinski definition) is 1. The van der Waals surface area contributed by atoms with Gasteiger partial charge in [-0.1, -0.05) is 40.5 Å². The largest absolute Gasteiger partial charge is 0.310 e. The Kier molecular flexibility index (Phi) is 3.63. The van der Waals surface area contributed by atoms with Crippen LogP contribution in [0.3, 0.4) is 0 Å². The van der Waals surface area contributed by atoms with Crippen molar-refractivity contribution in [3.8, 4) is 0 Å². The van der Waals surface area contributed by atoms with Gasteiger partial charge in [-0.25, -0.2) is 0 Å². The summed E-state index contributed by atoms with van der Waals surface area (Å²) in [7, 11) is 0. The Morgan fingerprint density at radius 3 is 2.44 bits per heavy atom. The average Bonchev–Trinajstić information content (AvgIpc) is 2.52. The normalized spacial score (nSPS) is 43.5. The Balaban J connectivity index is 1.92. The molecule has 0 aliphatic heterocycles. The van der Waals surface area contributed by atoms with Gasteiger partial charge in [-0.05, 0) is 42.9 Å². The Labute approximate surface area is 101 Å². The van der Waals surface area contributed by atoms with Crippen molar-refractivity contribution >= 4 is 0 Å². The highest BCUT2D eigenvalue weighted by Gasteiger charge is 2.37. The van der Waals surface area contributed by atoms with E-state index in [1.54, 1.807) is 0 Å². The van der Waals surface area contributed by atoms with Gasteiger partial charge in [0, 0.05) is 12.1 Å². The summed E-state index contributed by atoms with van der Waals surface area (Å²) in [6.45, 7) is 9.73. The molecule has 0 spiro atoms. The van der Waals surface area contributed by atoms with Crippen LogP contribution in [0.15, 0.2) is 0 Å². The molecule has 0 saturated heterocycles. The second kappa shape index (κ2) is 4.68. The molecule has 0 aromatic rings. The van der Waals surface area contributed by atoms with Crippen molar-refractivity contribution in [3.05, 3.63) is 0 Å². The maximum atomic E-state index is 3.99. The summed E-state index contributed by atoms with van der Waals surface area (Å²) >= 11 is 0. The van der Waals surface area contributed by atoms with Crippen LogP contribution in [0, 0.1) is 17.3 Å². The van der Waals surface area contributed by atoms with Crippen LogP contribution in [0.2, 0.25) is 0 Å². The topological polar surface area (TPSA) is 12.0 Å². The van der Waals surface area contributed by atoms with Crippen molar-refractivity contribution in [2.24, 2.45) is 17.3 Å². The third-order valence-corrected chi connectivity index (χ3v) is 5.13. The Hall–Kier alpha value is -0.0400. The molecule has 16 heavy (non-hydrogen) atoms. The molecule has 2 rings (SSSR count). The standard InChI is InChI=1S/C15H29N/c1-11-7-8-12(2)13(10-11)16-14-6-5-9-15(14,3)4/h11-14,16H,5-10H2,1-4H3. The zero-order chi connectivity index (χ0) is 11.8. The number of rotatable bonds is 2. The maximum absolute atomic E-state index is 3.99. The van der Waals surface area contributed by atoms with E-state index in [4.69, 9.17) is 0 Å². The summed E-state index contributed by atoms with van der Waals surface area (Å²) in [5, 5.41) is 3.99. The zero-order valence-corrected chi connectivity index (χ0v) is 11.6. The van der Waals surface area contributed by atoms with Crippen molar-refractivity contribution in [1.82, 2.24) is 5.32 Å². The highest BCUT2D eigenvalue weighted by atomic mass is 15.0. The van der Waals surface area contributed by atoms with Crippen LogP contribution in [-0.2, 0) is 0 Å². The molecule has 2 aliphatic carbocycles. The van der Waals surface area contributed by atoms with E-state index in [1.165, 1.54) is 38.5 Å². The van der Waals surface area contributed by atoms with Gasteiger partial charge in [-0.2, -0.15) is 0 Å². The van der Waals surface area contributed by atoms with E-state index in [1.807, 2.05) is 0 Å². The molecule has 1 heteroatoms. The van der Waals surface area contributed by atoms with Gasteiger partial charge in [-0.3, -0.25) is 0 Å². The summed E-state index contributed by atoms with van der Waals surface area (Å²) in [6.07, 6.45) is 8.47. The van der Waals surface area contributed by atoms with Crippen LogP contribution in [-0.4, -0.2) is 12.1 Å². The third kappa shape index (κ3) is 2.61. The first-order valence-corrected chi connectivity index (χ1v) is 7.25. The molecule has 0 heterocycles. The monoisotopic (exact) mass is 223 g/mol. The molecule has 0 aromatic carbocycles. The predicted octanol–water partition coefficient (Wildman–Crippen LogP) is 3.98. The number of nitrogens with one attached hydrogen (secondary N) is 1. The van der Waals surface area contributed by atoms with E-state index in [2.05, 4.69) is 33.0 Å². The minimum absolute atomic E-state index is 0.528. The quantitative estimate of drug-likeness (QED) is 0.746. The van der Waals surface area contributed by atoms with Crippen molar-refractivity contribution in [2.75, 3.05) is 0 Å². The third-order valence-electron chi connectivity index (χ3n) is 5.13. The van der Waals surface area contributed by atoms with Crippen LogP contribution in [0.4, 0.5) is 0 Å². The molecule has 94 valence electrons. The van der Waals surface area contributed by atoms with E-state index in [0.717, 1.165) is 23.9 Å². The molecule has 1 nitrogen and oxygen atoms in total. The van der Waals surface area contributed by atoms with Gasteiger partial charge in [-0.15, -0.1) is 0 Å². The van der Waals surface area contributed by atoms with Gasteiger partial charge in [0.1, 0.15) is 0 Å². The molecule has 0 bridgehead atoms. The first-order valence-electron chi connectivity index (χ1n) is 7.25. The van der Waals surface area contributed by atoms with Crippen LogP contribution < -0.4 is 5.32 Å². The molecule has 4 atom stereocenters. The lowest BCUT2D eigenvalue weighted by Gasteiger charge is -2.39. The SMILES string of the molecule is CC1CCC(C)C(NC2CCCC2(C)C)C1. The summed E-state index contributed by atoms with van der Waals surface area (Å²) < 4.78 is 0. The molecule has 4 unspecified atom stereocenters. The van der Waals surface area contributed by atoms with Crippen molar-refractivity contribution in [2.45, 2.75) is 78.3 Å². The van der Waals surface area contributed by atoms with Crippen LogP contribution in [0.5, 0.6) is 0 Å². The fourth-order valence-corrected chi connectivity index (χ4v) is 3.66. The van der Waals surface area contributed by atoms with Gasteiger partial charge < -0.3 is 5.32 Å². The van der Waals surface area contributed by atoms with Gasteiger partial charge in [0.15, 0.2) is 0 Å². The van der Waals surface area contributed by atoms with Gasteiger partial charge in [0.2, 0.25) is 0 Å². The second-order valence-electron chi connectivity index (χ2n) is 7.10. The van der Waals surface area contributed by atoms with E-state index < -0.39 is 0 Å².